The molecule has 0 saturated heterocycles. The van der Waals surface area contributed by atoms with E-state index < -0.39 is 5.41 Å². The minimum absolute atomic E-state index is 0.567. The third-order valence-electron chi connectivity index (χ3n) is 11.7. The molecule has 2 nitrogen and oxygen atoms in total. The number of para-hydroxylation sites is 4. The molecule has 0 fully saturated rings. The van der Waals surface area contributed by atoms with E-state index in [4.69, 9.17) is 0 Å². The van der Waals surface area contributed by atoms with Gasteiger partial charge in [0.15, 0.2) is 0 Å². The summed E-state index contributed by atoms with van der Waals surface area (Å²) in [6.07, 6.45) is 0. The van der Waals surface area contributed by atoms with Crippen LogP contribution < -0.4 is 9.80 Å². The molecule has 0 saturated carbocycles. The van der Waals surface area contributed by atoms with E-state index in [0.29, 0.717) is 0 Å². The molecule has 3 heteroatoms. The summed E-state index contributed by atoms with van der Waals surface area (Å²) in [5.74, 6) is 0. The average Bonchev–Trinajstić information content (AvgIpc) is 3.83. The van der Waals surface area contributed by atoms with Crippen LogP contribution in [0.25, 0.3) is 31.3 Å². The fourth-order valence-corrected chi connectivity index (χ4v) is 10.5. The SMILES string of the molecule is c1ccc(N(c2ccccc2)c2ccc(C3(c4ccc(N(c5ccccc5)c5ccccc5)cc4)c4ccccc4-c4c3ccc3c4sc4ccccc43)cc2)cc1. The van der Waals surface area contributed by atoms with Gasteiger partial charge in [0.2, 0.25) is 0 Å². The van der Waals surface area contributed by atoms with E-state index in [0.717, 1.165) is 34.1 Å². The molecule has 0 amide bonds. The molecule has 1 heterocycles. The topological polar surface area (TPSA) is 6.48 Å². The molecule has 0 atom stereocenters. The summed E-state index contributed by atoms with van der Waals surface area (Å²) in [6, 6.07) is 84.0. The number of hydrogen-bond acceptors (Lipinski definition) is 3. The van der Waals surface area contributed by atoms with E-state index in [1.165, 1.54) is 53.6 Å². The maximum atomic E-state index is 2.42. The number of benzene rings is 9. The van der Waals surface area contributed by atoms with Gasteiger partial charge in [-0.3, -0.25) is 0 Å². The molecule has 11 rings (SSSR count). The van der Waals surface area contributed by atoms with E-state index in [9.17, 15) is 0 Å². The summed E-state index contributed by atoms with van der Waals surface area (Å²) in [4.78, 5) is 4.68. The molecule has 1 aromatic heterocycles. The van der Waals surface area contributed by atoms with Gasteiger partial charge < -0.3 is 9.80 Å². The van der Waals surface area contributed by atoms with Crippen LogP contribution in [-0.2, 0) is 5.41 Å². The lowest BCUT2D eigenvalue weighted by molar-refractivity contribution is 0.769. The maximum absolute atomic E-state index is 2.42. The highest BCUT2D eigenvalue weighted by Gasteiger charge is 2.47. The molecule has 58 heavy (non-hydrogen) atoms. The summed E-state index contributed by atoms with van der Waals surface area (Å²) in [6.45, 7) is 0. The van der Waals surface area contributed by atoms with Gasteiger partial charge >= 0.3 is 0 Å². The molecule has 10 aromatic rings. The van der Waals surface area contributed by atoms with Gasteiger partial charge in [0.1, 0.15) is 0 Å². The van der Waals surface area contributed by atoms with Crippen molar-refractivity contribution >= 4 is 65.6 Å². The van der Waals surface area contributed by atoms with Gasteiger partial charge in [0.25, 0.3) is 0 Å². The van der Waals surface area contributed by atoms with Gasteiger partial charge in [-0.15, -0.1) is 11.3 Å². The number of hydrogen-bond donors (Lipinski definition) is 0. The van der Waals surface area contributed by atoms with Gasteiger partial charge in [0.05, 0.1) is 5.41 Å². The quantitative estimate of drug-likeness (QED) is 0.152. The van der Waals surface area contributed by atoms with Gasteiger partial charge in [0, 0.05) is 59.9 Å². The van der Waals surface area contributed by atoms with Crippen molar-refractivity contribution < 1.29 is 0 Å². The van der Waals surface area contributed by atoms with Crippen LogP contribution in [0.1, 0.15) is 22.3 Å². The Balaban J connectivity index is 1.14. The second-order valence-corrected chi connectivity index (χ2v) is 15.9. The first-order valence-corrected chi connectivity index (χ1v) is 20.7. The first-order valence-electron chi connectivity index (χ1n) is 19.9. The van der Waals surface area contributed by atoms with Crippen LogP contribution in [0.3, 0.4) is 0 Å². The first-order chi connectivity index (χ1) is 28.8. The molecule has 0 unspecified atom stereocenters. The van der Waals surface area contributed by atoms with Crippen LogP contribution >= 0.6 is 11.3 Å². The van der Waals surface area contributed by atoms with Crippen molar-refractivity contribution in [1.29, 1.82) is 0 Å². The van der Waals surface area contributed by atoms with Gasteiger partial charge in [-0.25, -0.2) is 0 Å². The monoisotopic (exact) mass is 758 g/mol. The van der Waals surface area contributed by atoms with Crippen LogP contribution in [0.15, 0.2) is 231 Å². The minimum atomic E-state index is -0.567. The molecule has 0 N–H and O–H groups in total. The Morgan fingerprint density at radius 3 is 1.22 bits per heavy atom. The van der Waals surface area contributed by atoms with Crippen molar-refractivity contribution in [1.82, 2.24) is 0 Å². The highest BCUT2D eigenvalue weighted by molar-refractivity contribution is 7.26. The molecule has 0 aliphatic heterocycles. The van der Waals surface area contributed by atoms with E-state index in [1.807, 2.05) is 11.3 Å². The largest absolute Gasteiger partial charge is 0.311 e. The summed E-state index contributed by atoms with van der Waals surface area (Å²) < 4.78 is 2.67. The maximum Gasteiger partial charge on any atom is 0.0714 e. The molecule has 0 radical (unpaired) electrons. The summed E-state index contributed by atoms with van der Waals surface area (Å²) >= 11 is 1.91. The second-order valence-electron chi connectivity index (χ2n) is 14.9. The average molecular weight is 759 g/mol. The molecule has 1 aliphatic rings. The number of fused-ring (bicyclic) bond motifs is 7. The first kappa shape index (κ1) is 34.1. The van der Waals surface area contributed by atoms with Crippen molar-refractivity contribution in [2.24, 2.45) is 0 Å². The van der Waals surface area contributed by atoms with E-state index in [1.54, 1.807) is 0 Å². The van der Waals surface area contributed by atoms with Crippen molar-refractivity contribution in [2.45, 2.75) is 5.41 Å². The van der Waals surface area contributed by atoms with Crippen LogP contribution in [0, 0.1) is 0 Å². The Bertz CT molecular complexity index is 2820. The van der Waals surface area contributed by atoms with E-state index >= 15 is 0 Å². The van der Waals surface area contributed by atoms with Crippen LogP contribution in [0.4, 0.5) is 34.1 Å². The smallest absolute Gasteiger partial charge is 0.0714 e. The van der Waals surface area contributed by atoms with E-state index in [2.05, 4.69) is 240 Å². The van der Waals surface area contributed by atoms with Gasteiger partial charge in [-0.1, -0.05) is 152 Å². The molecule has 0 bridgehead atoms. The number of nitrogens with zero attached hydrogens (tertiary/aromatic N) is 2. The van der Waals surface area contributed by atoms with Crippen molar-refractivity contribution in [3.05, 3.63) is 253 Å². The van der Waals surface area contributed by atoms with Crippen LogP contribution in [-0.4, -0.2) is 0 Å². The lowest BCUT2D eigenvalue weighted by Crippen LogP contribution is -2.28. The zero-order chi connectivity index (χ0) is 38.5. The molecule has 0 spiro atoms. The minimum Gasteiger partial charge on any atom is -0.311 e. The molecular weight excluding hydrogens is 721 g/mol. The Kier molecular flexibility index (Phi) is 8.27. The number of rotatable bonds is 8. The van der Waals surface area contributed by atoms with Crippen molar-refractivity contribution in [3.8, 4) is 11.1 Å². The molecule has 274 valence electrons. The third-order valence-corrected chi connectivity index (χ3v) is 12.9. The predicted molar refractivity (Wildman–Crippen MR) is 246 cm³/mol. The fraction of sp³-hybridized carbons (Fsp3) is 0.0182. The zero-order valence-corrected chi connectivity index (χ0v) is 32.6. The summed E-state index contributed by atoms with van der Waals surface area (Å²) in [7, 11) is 0. The standard InChI is InChI=1S/C55H38N2S/c1-5-17-41(18-6-1)56(42-19-7-2-8-20-42)45-33-29-39(30-34-45)55(40-31-35-46(36-32-40)57(43-21-9-3-10-22-43)44-23-11-4-12-24-44)50-27-15-13-26-49(50)53-51(55)38-37-48-47-25-14-16-28-52(47)58-54(48)53/h1-38H. The Labute approximate surface area is 343 Å². The number of thiophene rings is 1. The third kappa shape index (κ3) is 5.39. The number of anilines is 6. The van der Waals surface area contributed by atoms with Crippen molar-refractivity contribution in [3.63, 3.8) is 0 Å². The molecule has 9 aromatic carbocycles. The lowest BCUT2D eigenvalue weighted by atomic mass is 9.67. The zero-order valence-electron chi connectivity index (χ0n) is 31.7. The van der Waals surface area contributed by atoms with Crippen LogP contribution in [0.5, 0.6) is 0 Å². The lowest BCUT2D eigenvalue weighted by Gasteiger charge is -2.35. The summed E-state index contributed by atoms with van der Waals surface area (Å²) in [5, 5.41) is 2.64. The van der Waals surface area contributed by atoms with E-state index in [-0.39, 0.29) is 0 Å². The second kappa shape index (κ2) is 14.1. The Hall–Kier alpha value is -7.20. The Morgan fingerprint density at radius 2 is 0.724 bits per heavy atom. The molecular formula is C55H38N2S. The highest BCUT2D eigenvalue weighted by Crippen LogP contribution is 2.59. The highest BCUT2D eigenvalue weighted by atomic mass is 32.1. The van der Waals surface area contributed by atoms with Gasteiger partial charge in [-0.05, 0) is 107 Å². The summed E-state index contributed by atoms with van der Waals surface area (Å²) in [5.41, 5.74) is 13.9. The molecule has 1 aliphatic carbocycles. The normalized spacial score (nSPS) is 12.6. The Morgan fingerprint density at radius 1 is 0.310 bits per heavy atom. The van der Waals surface area contributed by atoms with Gasteiger partial charge in [-0.2, -0.15) is 0 Å². The van der Waals surface area contributed by atoms with Crippen molar-refractivity contribution in [2.75, 3.05) is 9.80 Å². The predicted octanol–water partition coefficient (Wildman–Crippen LogP) is 15.4. The van der Waals surface area contributed by atoms with Crippen LogP contribution in [0.2, 0.25) is 0 Å². The fourth-order valence-electron chi connectivity index (χ4n) is 9.25.